The number of nitrogens with zero attached hydrogens (tertiary/aromatic N) is 2. The van der Waals surface area contributed by atoms with Gasteiger partial charge in [-0.2, -0.15) is 0 Å². The molecule has 1 fully saturated rings. The number of carbonyl (C=O) groups excluding carboxylic acids is 3. The van der Waals surface area contributed by atoms with Gasteiger partial charge in [-0.1, -0.05) is 6.07 Å². The number of carbonyl (C=O) groups is 3. The number of pyridine rings is 1. The summed E-state index contributed by atoms with van der Waals surface area (Å²) >= 11 is 0. The molecule has 3 amide bonds. The number of aryl methyl sites for hydroxylation is 1. The van der Waals surface area contributed by atoms with E-state index in [2.05, 4.69) is 15.6 Å². The zero-order chi connectivity index (χ0) is 19.1. The van der Waals surface area contributed by atoms with Crippen LogP contribution >= 0.6 is 0 Å². The molecular weight excluding hydrogens is 344 g/mol. The number of hydrogen-bond donors (Lipinski definition) is 2. The molecule has 1 unspecified atom stereocenters. The number of piperidine rings is 1. The number of nitrogens with one attached hydrogen (secondary N) is 2. The van der Waals surface area contributed by atoms with Gasteiger partial charge in [0.05, 0.1) is 5.69 Å². The highest BCUT2D eigenvalue weighted by Gasteiger charge is 2.39. The summed E-state index contributed by atoms with van der Waals surface area (Å²) < 4.78 is 0. The van der Waals surface area contributed by atoms with Gasteiger partial charge in [0.1, 0.15) is 11.9 Å². The highest BCUT2D eigenvalue weighted by atomic mass is 16.2. The minimum Gasteiger partial charge on any atom is -0.373 e. The van der Waals surface area contributed by atoms with E-state index in [9.17, 15) is 14.4 Å². The first-order valence-corrected chi connectivity index (χ1v) is 8.90. The van der Waals surface area contributed by atoms with Gasteiger partial charge in [0.15, 0.2) is 0 Å². The van der Waals surface area contributed by atoms with Crippen molar-refractivity contribution >= 4 is 23.5 Å². The fraction of sp³-hybridized carbons (Fsp3) is 0.300. The summed E-state index contributed by atoms with van der Waals surface area (Å²) in [6, 6.07) is 9.00. The summed E-state index contributed by atoms with van der Waals surface area (Å²) in [5, 5.41) is 5.37. The Morgan fingerprint density at radius 2 is 2.00 bits per heavy atom. The molecule has 1 atom stereocenters. The predicted octanol–water partition coefficient (Wildman–Crippen LogP) is 1.86. The standard InChI is InChI=1S/C20H20N4O3/c1-11-7-15(22-17(8-11)21-2)12-3-4-14-13(9-12)10-24(20(14)27)16-5-6-18(25)23-19(16)26/h3-4,7-9,16H,5-6,10H2,1-2H3,(H,21,22)(H,23,25,26). The Hall–Kier alpha value is -3.22. The molecule has 0 aliphatic carbocycles. The molecule has 7 nitrogen and oxygen atoms in total. The number of imide groups is 1. The van der Waals surface area contributed by atoms with Crippen LogP contribution in [-0.2, 0) is 16.1 Å². The Morgan fingerprint density at radius 3 is 2.74 bits per heavy atom. The first-order valence-electron chi connectivity index (χ1n) is 8.90. The van der Waals surface area contributed by atoms with Gasteiger partial charge in [-0.3, -0.25) is 19.7 Å². The lowest BCUT2D eigenvalue weighted by molar-refractivity contribution is -0.136. The van der Waals surface area contributed by atoms with Crippen LogP contribution in [0.1, 0.15) is 34.3 Å². The highest BCUT2D eigenvalue weighted by molar-refractivity contribution is 6.05. The fourth-order valence-electron chi connectivity index (χ4n) is 3.68. The first-order chi connectivity index (χ1) is 13.0. The van der Waals surface area contributed by atoms with Crippen molar-refractivity contribution in [2.24, 2.45) is 0 Å². The minimum atomic E-state index is -0.598. The van der Waals surface area contributed by atoms with Crippen LogP contribution in [0.25, 0.3) is 11.3 Å². The SMILES string of the molecule is CNc1cc(C)cc(-c2ccc3c(c2)CN(C2CCC(=O)NC2=O)C3=O)n1. The van der Waals surface area contributed by atoms with E-state index in [1.165, 1.54) is 0 Å². The topological polar surface area (TPSA) is 91.4 Å². The fourth-order valence-corrected chi connectivity index (χ4v) is 3.68. The van der Waals surface area contributed by atoms with Crippen LogP contribution in [0, 0.1) is 6.92 Å². The lowest BCUT2D eigenvalue weighted by Gasteiger charge is -2.29. The second-order valence-corrected chi connectivity index (χ2v) is 6.94. The van der Waals surface area contributed by atoms with Gasteiger partial charge in [0.2, 0.25) is 11.8 Å². The van der Waals surface area contributed by atoms with E-state index in [1.54, 1.807) is 11.0 Å². The van der Waals surface area contributed by atoms with Crippen LogP contribution in [-0.4, -0.2) is 40.7 Å². The Kier molecular flexibility index (Phi) is 4.14. The Morgan fingerprint density at radius 1 is 1.19 bits per heavy atom. The largest absolute Gasteiger partial charge is 0.373 e. The number of anilines is 1. The lowest BCUT2D eigenvalue weighted by Crippen LogP contribution is -2.52. The maximum absolute atomic E-state index is 12.8. The predicted molar refractivity (Wildman–Crippen MR) is 100 cm³/mol. The lowest BCUT2D eigenvalue weighted by atomic mass is 10.0. The van der Waals surface area contributed by atoms with E-state index in [0.717, 1.165) is 28.2 Å². The molecule has 27 heavy (non-hydrogen) atoms. The Balaban J connectivity index is 1.64. The number of aromatic nitrogens is 1. The smallest absolute Gasteiger partial charge is 0.255 e. The van der Waals surface area contributed by atoms with Crippen molar-refractivity contribution in [3.63, 3.8) is 0 Å². The van der Waals surface area contributed by atoms with Gasteiger partial charge in [0, 0.05) is 31.1 Å². The number of rotatable bonds is 3. The van der Waals surface area contributed by atoms with Gasteiger partial charge in [0.25, 0.3) is 5.91 Å². The van der Waals surface area contributed by atoms with Crippen LogP contribution in [0.15, 0.2) is 30.3 Å². The van der Waals surface area contributed by atoms with Crippen LogP contribution in [0.4, 0.5) is 5.82 Å². The van der Waals surface area contributed by atoms with Gasteiger partial charge >= 0.3 is 0 Å². The number of hydrogen-bond acceptors (Lipinski definition) is 5. The van der Waals surface area contributed by atoms with Gasteiger partial charge in [-0.25, -0.2) is 4.98 Å². The molecule has 138 valence electrons. The zero-order valence-corrected chi connectivity index (χ0v) is 15.2. The van der Waals surface area contributed by atoms with E-state index >= 15 is 0 Å². The first kappa shape index (κ1) is 17.2. The summed E-state index contributed by atoms with van der Waals surface area (Å²) in [5.74, 6) is -0.0638. The summed E-state index contributed by atoms with van der Waals surface area (Å²) in [6.07, 6.45) is 0.615. The average molecular weight is 364 g/mol. The molecule has 0 saturated carbocycles. The van der Waals surface area contributed by atoms with Crippen LogP contribution in [0.5, 0.6) is 0 Å². The second-order valence-electron chi connectivity index (χ2n) is 6.94. The number of amides is 3. The molecule has 0 spiro atoms. The number of benzene rings is 1. The molecule has 2 aromatic rings. The van der Waals surface area contributed by atoms with E-state index in [1.807, 2.05) is 38.2 Å². The van der Waals surface area contributed by atoms with Crippen molar-refractivity contribution in [2.75, 3.05) is 12.4 Å². The average Bonchev–Trinajstić information content (AvgIpc) is 2.97. The van der Waals surface area contributed by atoms with Crippen molar-refractivity contribution in [1.29, 1.82) is 0 Å². The van der Waals surface area contributed by atoms with Crippen LogP contribution < -0.4 is 10.6 Å². The highest BCUT2D eigenvalue weighted by Crippen LogP contribution is 2.31. The molecule has 1 saturated heterocycles. The zero-order valence-electron chi connectivity index (χ0n) is 15.2. The van der Waals surface area contributed by atoms with E-state index in [-0.39, 0.29) is 18.2 Å². The van der Waals surface area contributed by atoms with Crippen molar-refractivity contribution in [3.05, 3.63) is 47.0 Å². The molecule has 2 N–H and O–H groups in total. The molecule has 0 radical (unpaired) electrons. The summed E-state index contributed by atoms with van der Waals surface area (Å²) in [5.41, 5.74) is 4.31. The third kappa shape index (κ3) is 3.05. The van der Waals surface area contributed by atoms with Gasteiger partial charge < -0.3 is 10.2 Å². The maximum Gasteiger partial charge on any atom is 0.255 e. The van der Waals surface area contributed by atoms with Crippen molar-refractivity contribution in [1.82, 2.24) is 15.2 Å². The van der Waals surface area contributed by atoms with Crippen molar-refractivity contribution < 1.29 is 14.4 Å². The summed E-state index contributed by atoms with van der Waals surface area (Å²) in [4.78, 5) is 42.4. The van der Waals surface area contributed by atoms with E-state index < -0.39 is 11.9 Å². The van der Waals surface area contributed by atoms with Gasteiger partial charge in [-0.05, 0) is 48.7 Å². The molecule has 1 aromatic carbocycles. The molecule has 2 aliphatic rings. The molecule has 1 aromatic heterocycles. The monoisotopic (exact) mass is 364 g/mol. The third-order valence-electron chi connectivity index (χ3n) is 5.05. The maximum atomic E-state index is 12.8. The molecule has 4 rings (SSSR count). The van der Waals surface area contributed by atoms with E-state index in [0.29, 0.717) is 18.5 Å². The van der Waals surface area contributed by atoms with Gasteiger partial charge in [-0.15, -0.1) is 0 Å². The Labute approximate surface area is 156 Å². The molecular formula is C20H20N4O3. The molecule has 7 heteroatoms. The summed E-state index contributed by atoms with van der Waals surface area (Å²) in [7, 11) is 1.82. The third-order valence-corrected chi connectivity index (χ3v) is 5.05. The van der Waals surface area contributed by atoms with Crippen LogP contribution in [0.3, 0.4) is 0 Å². The molecule has 2 aliphatic heterocycles. The normalized spacial score (nSPS) is 19.1. The molecule has 3 heterocycles. The van der Waals surface area contributed by atoms with Crippen LogP contribution in [0.2, 0.25) is 0 Å². The Bertz CT molecular complexity index is 970. The van der Waals surface area contributed by atoms with Crippen molar-refractivity contribution in [3.8, 4) is 11.3 Å². The van der Waals surface area contributed by atoms with Crippen molar-refractivity contribution in [2.45, 2.75) is 32.4 Å². The quantitative estimate of drug-likeness (QED) is 0.811. The summed E-state index contributed by atoms with van der Waals surface area (Å²) in [6.45, 7) is 2.37. The van der Waals surface area contributed by atoms with E-state index in [4.69, 9.17) is 0 Å². The number of fused-ring (bicyclic) bond motifs is 1. The molecule has 0 bridgehead atoms. The minimum absolute atomic E-state index is 0.167. The second kappa shape index (κ2) is 6.50.